The van der Waals surface area contributed by atoms with Gasteiger partial charge in [-0.05, 0) is 78.8 Å². The molecule has 2 heterocycles. The molecule has 33 heavy (non-hydrogen) atoms. The highest BCUT2D eigenvalue weighted by molar-refractivity contribution is 14.1. The quantitative estimate of drug-likeness (QED) is 0.295. The van der Waals surface area contributed by atoms with Crippen molar-refractivity contribution in [3.8, 4) is 5.75 Å². The van der Waals surface area contributed by atoms with Gasteiger partial charge in [0.15, 0.2) is 0 Å². The summed E-state index contributed by atoms with van der Waals surface area (Å²) in [5, 5.41) is 1.03. The normalized spacial score (nSPS) is 15.1. The van der Waals surface area contributed by atoms with Crippen molar-refractivity contribution in [2.75, 3.05) is 13.1 Å². The van der Waals surface area contributed by atoms with Crippen LogP contribution in [0.2, 0.25) is 0 Å². The van der Waals surface area contributed by atoms with Gasteiger partial charge in [-0.3, -0.25) is 0 Å². The molecule has 0 aliphatic carbocycles. The van der Waals surface area contributed by atoms with E-state index in [-0.39, 0.29) is 30.6 Å². The van der Waals surface area contributed by atoms with Crippen molar-refractivity contribution >= 4 is 55.4 Å². The molecule has 174 valence electrons. The molecular weight excluding hydrogens is 558 g/mol. The maximum absolute atomic E-state index is 14.6. The Kier molecular flexibility index (Phi) is 6.92. The van der Waals surface area contributed by atoms with Gasteiger partial charge >= 0.3 is 0 Å². The first kappa shape index (κ1) is 23.9. The number of hydrogen-bond acceptors (Lipinski definition) is 4. The highest BCUT2D eigenvalue weighted by atomic mass is 127. The van der Waals surface area contributed by atoms with Gasteiger partial charge in [-0.1, -0.05) is 6.08 Å². The first-order chi connectivity index (χ1) is 15.7. The zero-order valence-electron chi connectivity index (χ0n) is 18.3. The number of sulfonamides is 1. The Morgan fingerprint density at radius 3 is 2.64 bits per heavy atom. The summed E-state index contributed by atoms with van der Waals surface area (Å²) in [4.78, 5) is 10.8. The van der Waals surface area contributed by atoms with Gasteiger partial charge in [0.25, 0.3) is 0 Å². The Labute approximate surface area is 206 Å². The number of hydrogen-bond donors (Lipinski definition) is 0. The largest absolute Gasteiger partial charge is 0.491 e. The number of aromatic nitrogens is 1. The molecule has 1 aromatic heterocycles. The van der Waals surface area contributed by atoms with E-state index in [0.29, 0.717) is 12.2 Å². The molecule has 0 N–H and O–H groups in total. The van der Waals surface area contributed by atoms with E-state index in [0.717, 1.165) is 38.0 Å². The number of carbonyl (C=O) groups is 1. The third-order valence-corrected chi connectivity index (χ3v) is 8.09. The molecule has 0 amide bonds. The van der Waals surface area contributed by atoms with Crippen LogP contribution in [0.3, 0.4) is 0 Å². The molecule has 1 aliphatic rings. The highest BCUT2D eigenvalue weighted by Gasteiger charge is 2.30. The van der Waals surface area contributed by atoms with E-state index in [1.54, 1.807) is 0 Å². The van der Waals surface area contributed by atoms with Crippen molar-refractivity contribution < 1.29 is 22.3 Å². The zero-order chi connectivity index (χ0) is 23.8. The lowest BCUT2D eigenvalue weighted by Crippen LogP contribution is -2.35. The van der Waals surface area contributed by atoms with Crippen molar-refractivity contribution in [2.24, 2.45) is 0 Å². The second kappa shape index (κ2) is 9.55. The van der Waals surface area contributed by atoms with E-state index in [1.165, 1.54) is 16.4 Å². The number of ether oxygens (including phenoxy) is 1. The minimum absolute atomic E-state index is 0.140. The maximum atomic E-state index is 14.6. The summed E-state index contributed by atoms with van der Waals surface area (Å²) < 4.78 is 50.6. The van der Waals surface area contributed by atoms with Crippen LogP contribution >= 0.6 is 22.6 Å². The first-order valence-corrected chi connectivity index (χ1v) is 13.1. The predicted molar refractivity (Wildman–Crippen MR) is 134 cm³/mol. The SMILES string of the molecule is CC(C)Oc1ccc(S(=O)(=O)N2CC=C(c3cn(CC=O)c4ccc(I)cc34)CC2)c(F)c1. The van der Waals surface area contributed by atoms with Crippen LogP contribution in [-0.2, 0) is 21.4 Å². The van der Waals surface area contributed by atoms with Crippen molar-refractivity contribution in [1.82, 2.24) is 8.87 Å². The molecule has 0 atom stereocenters. The van der Waals surface area contributed by atoms with Gasteiger partial charge < -0.3 is 14.1 Å². The summed E-state index contributed by atoms with van der Waals surface area (Å²) in [6.07, 6.45) is 5.02. The number of nitrogens with zero attached hydrogens (tertiary/aromatic N) is 2. The van der Waals surface area contributed by atoms with Crippen LogP contribution in [0.4, 0.5) is 4.39 Å². The van der Waals surface area contributed by atoms with Crippen molar-refractivity contribution in [1.29, 1.82) is 0 Å². The Balaban J connectivity index is 1.62. The van der Waals surface area contributed by atoms with E-state index >= 15 is 0 Å². The molecule has 4 rings (SSSR count). The summed E-state index contributed by atoms with van der Waals surface area (Å²) in [7, 11) is -3.99. The minimum atomic E-state index is -3.99. The molecule has 1 aliphatic heterocycles. The molecule has 3 aromatic rings. The van der Waals surface area contributed by atoms with E-state index in [1.807, 2.05) is 42.8 Å². The molecule has 0 spiro atoms. The van der Waals surface area contributed by atoms with E-state index in [2.05, 4.69) is 28.7 Å². The minimum Gasteiger partial charge on any atom is -0.491 e. The smallest absolute Gasteiger partial charge is 0.246 e. The number of carbonyl (C=O) groups excluding carboxylic acids is 1. The zero-order valence-corrected chi connectivity index (χ0v) is 21.3. The maximum Gasteiger partial charge on any atom is 0.246 e. The van der Waals surface area contributed by atoms with E-state index in [9.17, 15) is 17.6 Å². The van der Waals surface area contributed by atoms with Crippen molar-refractivity contribution in [3.05, 3.63) is 63.6 Å². The number of halogens is 2. The van der Waals surface area contributed by atoms with Crippen LogP contribution in [-0.4, -0.2) is 42.8 Å². The fourth-order valence-corrected chi connectivity index (χ4v) is 5.96. The molecule has 6 nitrogen and oxygen atoms in total. The van der Waals surface area contributed by atoms with Crippen LogP contribution < -0.4 is 4.74 Å². The van der Waals surface area contributed by atoms with Crippen LogP contribution in [0.25, 0.3) is 16.5 Å². The summed E-state index contributed by atoms with van der Waals surface area (Å²) in [6.45, 7) is 4.27. The molecule has 9 heteroatoms. The third-order valence-electron chi connectivity index (χ3n) is 5.53. The monoisotopic (exact) mass is 582 g/mol. The molecule has 0 saturated carbocycles. The van der Waals surface area contributed by atoms with Crippen molar-refractivity contribution in [3.63, 3.8) is 0 Å². The second-order valence-corrected chi connectivity index (χ2v) is 11.3. The van der Waals surface area contributed by atoms with Crippen LogP contribution in [0, 0.1) is 9.39 Å². The molecule has 0 unspecified atom stereocenters. The summed E-state index contributed by atoms with van der Waals surface area (Å²) in [5.74, 6) is -0.530. The Bertz CT molecular complexity index is 1350. The standard InChI is InChI=1S/C24H24FIN2O4S/c1-16(2)32-19-4-6-24(22(25)14-19)33(30,31)28-9-7-17(8-10-28)21-15-27(11-12-29)23-5-3-18(26)13-20(21)23/h3-7,12-16H,8-11H2,1-2H3. The molecule has 0 saturated heterocycles. The summed E-state index contributed by atoms with van der Waals surface area (Å²) in [6, 6.07) is 9.89. The average molecular weight is 582 g/mol. The summed E-state index contributed by atoms with van der Waals surface area (Å²) >= 11 is 2.25. The van der Waals surface area contributed by atoms with Crippen LogP contribution in [0.1, 0.15) is 25.8 Å². The second-order valence-electron chi connectivity index (χ2n) is 8.12. The topological polar surface area (TPSA) is 68.6 Å². The van der Waals surface area contributed by atoms with Crippen LogP contribution in [0.15, 0.2) is 53.6 Å². The number of rotatable bonds is 7. The molecule has 0 fully saturated rings. The van der Waals surface area contributed by atoms with Gasteiger partial charge in [-0.25, -0.2) is 12.8 Å². The molecular formula is C24H24FIN2O4S. The lowest BCUT2D eigenvalue weighted by molar-refractivity contribution is -0.108. The van der Waals surface area contributed by atoms with Gasteiger partial charge in [0, 0.05) is 45.4 Å². The Hall–Kier alpha value is -2.24. The van der Waals surface area contributed by atoms with Crippen LogP contribution in [0.5, 0.6) is 5.75 Å². The lowest BCUT2D eigenvalue weighted by atomic mass is 10.00. The van der Waals surface area contributed by atoms with E-state index < -0.39 is 15.8 Å². The highest BCUT2D eigenvalue weighted by Crippen LogP contribution is 2.33. The van der Waals surface area contributed by atoms with Gasteiger partial charge in [0.1, 0.15) is 22.7 Å². The van der Waals surface area contributed by atoms with Gasteiger partial charge in [0.05, 0.1) is 12.6 Å². The number of aldehydes is 1. The first-order valence-electron chi connectivity index (χ1n) is 10.6. The van der Waals surface area contributed by atoms with Crippen molar-refractivity contribution in [2.45, 2.75) is 37.8 Å². The average Bonchev–Trinajstić information content (AvgIpc) is 3.11. The van der Waals surface area contributed by atoms with E-state index in [4.69, 9.17) is 4.74 Å². The van der Waals surface area contributed by atoms with Gasteiger partial charge in [0.2, 0.25) is 10.0 Å². The number of fused-ring (bicyclic) bond motifs is 1. The summed E-state index contributed by atoms with van der Waals surface area (Å²) in [5.41, 5.74) is 2.96. The molecule has 0 bridgehead atoms. The van der Waals surface area contributed by atoms with Gasteiger partial charge in [-0.15, -0.1) is 0 Å². The number of benzene rings is 2. The Morgan fingerprint density at radius 2 is 2.00 bits per heavy atom. The fourth-order valence-electron chi connectivity index (χ4n) is 4.05. The van der Waals surface area contributed by atoms with Gasteiger partial charge in [-0.2, -0.15) is 4.31 Å². The third kappa shape index (κ3) is 4.85. The molecule has 2 aromatic carbocycles. The molecule has 0 radical (unpaired) electrons. The Morgan fingerprint density at radius 1 is 1.21 bits per heavy atom. The fraction of sp³-hybridized carbons (Fsp3) is 0.292. The predicted octanol–water partition coefficient (Wildman–Crippen LogP) is 4.85. The lowest BCUT2D eigenvalue weighted by Gasteiger charge is -2.26.